The molecule has 0 atom stereocenters. The quantitative estimate of drug-likeness (QED) is 0.866. The highest BCUT2D eigenvalue weighted by atomic mass is 16.2. The summed E-state index contributed by atoms with van der Waals surface area (Å²) in [6.07, 6.45) is 0. The van der Waals surface area contributed by atoms with Gasteiger partial charge in [0.1, 0.15) is 0 Å². The Labute approximate surface area is 120 Å². The molecule has 0 bridgehead atoms. The molecule has 0 aliphatic heterocycles. The fraction of sp³-hybridized carbons (Fsp3) is 0.467. The molecule has 0 saturated carbocycles. The van der Waals surface area contributed by atoms with Gasteiger partial charge in [-0.2, -0.15) is 0 Å². The van der Waals surface area contributed by atoms with Gasteiger partial charge < -0.3 is 16.0 Å². The van der Waals surface area contributed by atoms with Crippen LogP contribution in [-0.4, -0.2) is 35.8 Å². The number of carbonyl (C=O) groups is 2. The highest BCUT2D eigenvalue weighted by Gasteiger charge is 2.18. The monoisotopic (exact) mass is 277 g/mol. The standard InChI is InChI=1S/C15H23N3O2/c1-15(2,3)17-13(19)10-18(4)14(20)12-7-5-11(9-16)6-8-12/h5-8H,9-10,16H2,1-4H3,(H,17,19). The summed E-state index contributed by atoms with van der Waals surface area (Å²) in [6, 6.07) is 7.08. The minimum Gasteiger partial charge on any atom is -0.350 e. The minimum absolute atomic E-state index is 0.0365. The van der Waals surface area contributed by atoms with Crippen LogP contribution < -0.4 is 11.1 Å². The number of amides is 2. The molecule has 1 aromatic rings. The zero-order chi connectivity index (χ0) is 15.3. The Morgan fingerprint density at radius 3 is 2.20 bits per heavy atom. The highest BCUT2D eigenvalue weighted by Crippen LogP contribution is 2.07. The third-order valence-electron chi connectivity index (χ3n) is 2.68. The second kappa shape index (κ2) is 6.52. The first kappa shape index (κ1) is 16.2. The zero-order valence-electron chi connectivity index (χ0n) is 12.6. The van der Waals surface area contributed by atoms with Gasteiger partial charge in [0.15, 0.2) is 0 Å². The smallest absolute Gasteiger partial charge is 0.254 e. The summed E-state index contributed by atoms with van der Waals surface area (Å²) in [7, 11) is 1.61. The number of likely N-dealkylation sites (N-methyl/N-ethyl adjacent to an activating group) is 1. The van der Waals surface area contributed by atoms with E-state index in [9.17, 15) is 9.59 Å². The zero-order valence-corrected chi connectivity index (χ0v) is 12.6. The summed E-state index contributed by atoms with van der Waals surface area (Å²) >= 11 is 0. The molecule has 0 heterocycles. The predicted molar refractivity (Wildman–Crippen MR) is 79.2 cm³/mol. The number of carbonyl (C=O) groups excluding carboxylic acids is 2. The van der Waals surface area contributed by atoms with E-state index in [2.05, 4.69) is 5.32 Å². The van der Waals surface area contributed by atoms with Crippen molar-refractivity contribution in [3.63, 3.8) is 0 Å². The maximum absolute atomic E-state index is 12.2. The molecule has 2 amide bonds. The van der Waals surface area contributed by atoms with Crippen molar-refractivity contribution in [2.24, 2.45) is 5.73 Å². The van der Waals surface area contributed by atoms with Gasteiger partial charge in [0.2, 0.25) is 5.91 Å². The van der Waals surface area contributed by atoms with Crippen LogP contribution in [0.4, 0.5) is 0 Å². The van der Waals surface area contributed by atoms with Crippen LogP contribution in [0, 0.1) is 0 Å². The van der Waals surface area contributed by atoms with Gasteiger partial charge in [0.05, 0.1) is 6.54 Å². The Morgan fingerprint density at radius 1 is 1.20 bits per heavy atom. The number of rotatable bonds is 4. The van der Waals surface area contributed by atoms with E-state index in [1.54, 1.807) is 19.2 Å². The summed E-state index contributed by atoms with van der Waals surface area (Å²) in [5, 5.41) is 2.83. The van der Waals surface area contributed by atoms with Crippen LogP contribution in [0.3, 0.4) is 0 Å². The van der Waals surface area contributed by atoms with Crippen molar-refractivity contribution < 1.29 is 9.59 Å². The molecule has 0 unspecified atom stereocenters. The molecule has 5 nitrogen and oxygen atoms in total. The molecule has 3 N–H and O–H groups in total. The number of nitrogens with zero attached hydrogens (tertiary/aromatic N) is 1. The topological polar surface area (TPSA) is 75.4 Å². The summed E-state index contributed by atoms with van der Waals surface area (Å²) in [4.78, 5) is 25.3. The van der Waals surface area contributed by atoms with E-state index in [-0.39, 0.29) is 23.9 Å². The van der Waals surface area contributed by atoms with Gasteiger partial charge in [0.25, 0.3) is 5.91 Å². The normalized spacial score (nSPS) is 11.1. The molecule has 0 radical (unpaired) electrons. The number of hydrogen-bond acceptors (Lipinski definition) is 3. The Balaban J connectivity index is 2.64. The number of nitrogens with one attached hydrogen (secondary N) is 1. The fourth-order valence-corrected chi connectivity index (χ4v) is 1.75. The molecular weight excluding hydrogens is 254 g/mol. The Bertz CT molecular complexity index is 475. The summed E-state index contributed by atoms with van der Waals surface area (Å²) in [5.74, 6) is -0.357. The summed E-state index contributed by atoms with van der Waals surface area (Å²) in [5.41, 5.74) is 6.73. The van der Waals surface area contributed by atoms with E-state index in [1.165, 1.54) is 4.90 Å². The molecule has 1 rings (SSSR count). The van der Waals surface area contributed by atoms with Crippen LogP contribution in [0.2, 0.25) is 0 Å². The first-order chi connectivity index (χ1) is 9.23. The molecule has 0 aliphatic carbocycles. The largest absolute Gasteiger partial charge is 0.350 e. The van der Waals surface area contributed by atoms with Crippen LogP contribution in [0.5, 0.6) is 0 Å². The molecular formula is C15H23N3O2. The van der Waals surface area contributed by atoms with E-state index in [0.717, 1.165) is 5.56 Å². The van der Waals surface area contributed by atoms with Gasteiger partial charge in [-0.15, -0.1) is 0 Å². The second-order valence-corrected chi connectivity index (χ2v) is 5.86. The Hall–Kier alpha value is -1.88. The maximum Gasteiger partial charge on any atom is 0.254 e. The van der Waals surface area contributed by atoms with E-state index >= 15 is 0 Å². The van der Waals surface area contributed by atoms with Gasteiger partial charge in [-0.05, 0) is 38.5 Å². The molecule has 0 aliphatic rings. The van der Waals surface area contributed by atoms with Gasteiger partial charge in [-0.25, -0.2) is 0 Å². The molecule has 20 heavy (non-hydrogen) atoms. The lowest BCUT2D eigenvalue weighted by atomic mass is 10.1. The number of benzene rings is 1. The van der Waals surface area contributed by atoms with Crippen LogP contribution in [0.1, 0.15) is 36.7 Å². The van der Waals surface area contributed by atoms with Crippen molar-refractivity contribution >= 4 is 11.8 Å². The third kappa shape index (κ3) is 5.01. The summed E-state index contributed by atoms with van der Waals surface area (Å²) in [6.45, 7) is 6.18. The van der Waals surface area contributed by atoms with Gasteiger partial charge >= 0.3 is 0 Å². The molecule has 0 fully saturated rings. The lowest BCUT2D eigenvalue weighted by Gasteiger charge is -2.23. The van der Waals surface area contributed by atoms with E-state index in [1.807, 2.05) is 32.9 Å². The molecule has 0 saturated heterocycles. The van der Waals surface area contributed by atoms with E-state index in [4.69, 9.17) is 5.73 Å². The molecule has 0 spiro atoms. The van der Waals surface area contributed by atoms with Gasteiger partial charge in [-0.1, -0.05) is 12.1 Å². The van der Waals surface area contributed by atoms with Crippen molar-refractivity contribution in [1.29, 1.82) is 0 Å². The fourth-order valence-electron chi connectivity index (χ4n) is 1.75. The van der Waals surface area contributed by atoms with Crippen molar-refractivity contribution in [2.75, 3.05) is 13.6 Å². The summed E-state index contributed by atoms with van der Waals surface area (Å²) < 4.78 is 0. The Kier molecular flexibility index (Phi) is 5.27. The second-order valence-electron chi connectivity index (χ2n) is 5.86. The molecule has 0 aromatic heterocycles. The van der Waals surface area contributed by atoms with Crippen molar-refractivity contribution in [1.82, 2.24) is 10.2 Å². The van der Waals surface area contributed by atoms with Crippen LogP contribution >= 0.6 is 0 Å². The third-order valence-corrected chi connectivity index (χ3v) is 2.68. The Morgan fingerprint density at radius 2 is 1.75 bits per heavy atom. The van der Waals surface area contributed by atoms with E-state index < -0.39 is 0 Å². The predicted octanol–water partition coefficient (Wildman–Crippen LogP) is 1.13. The van der Waals surface area contributed by atoms with Gasteiger partial charge in [0, 0.05) is 24.7 Å². The molecule has 1 aromatic carbocycles. The highest BCUT2D eigenvalue weighted by molar-refractivity contribution is 5.96. The number of hydrogen-bond donors (Lipinski definition) is 2. The number of nitrogens with two attached hydrogens (primary N) is 1. The van der Waals surface area contributed by atoms with Gasteiger partial charge in [-0.3, -0.25) is 9.59 Å². The van der Waals surface area contributed by atoms with Crippen LogP contribution in [0.15, 0.2) is 24.3 Å². The average molecular weight is 277 g/mol. The minimum atomic E-state index is -0.302. The maximum atomic E-state index is 12.2. The average Bonchev–Trinajstić information content (AvgIpc) is 2.35. The lowest BCUT2D eigenvalue weighted by molar-refractivity contribution is -0.122. The first-order valence-corrected chi connectivity index (χ1v) is 6.58. The molecule has 5 heteroatoms. The van der Waals surface area contributed by atoms with E-state index in [0.29, 0.717) is 12.1 Å². The van der Waals surface area contributed by atoms with Crippen molar-refractivity contribution in [3.05, 3.63) is 35.4 Å². The van der Waals surface area contributed by atoms with Crippen molar-refractivity contribution in [2.45, 2.75) is 32.9 Å². The van der Waals surface area contributed by atoms with Crippen molar-refractivity contribution in [3.8, 4) is 0 Å². The first-order valence-electron chi connectivity index (χ1n) is 6.58. The SMILES string of the molecule is CN(CC(=O)NC(C)(C)C)C(=O)c1ccc(CN)cc1. The molecule has 110 valence electrons. The van der Waals surface area contributed by atoms with Crippen LogP contribution in [-0.2, 0) is 11.3 Å². The lowest BCUT2D eigenvalue weighted by Crippen LogP contribution is -2.46. The van der Waals surface area contributed by atoms with Crippen LogP contribution in [0.25, 0.3) is 0 Å².